The molecule has 1 fully saturated rings. The first kappa shape index (κ1) is 14.6. The molecule has 6 heteroatoms. The Labute approximate surface area is 117 Å². The lowest BCUT2D eigenvalue weighted by Crippen LogP contribution is -2.39. The highest BCUT2D eigenvalue weighted by Crippen LogP contribution is 2.19. The Morgan fingerprint density at radius 3 is 3.10 bits per heavy atom. The minimum atomic E-state index is -0.454. The zero-order valence-corrected chi connectivity index (χ0v) is 11.5. The van der Waals surface area contributed by atoms with Gasteiger partial charge in [0.25, 0.3) is 0 Å². The van der Waals surface area contributed by atoms with E-state index in [4.69, 9.17) is 14.3 Å². The van der Waals surface area contributed by atoms with Gasteiger partial charge in [-0.15, -0.1) is 0 Å². The van der Waals surface area contributed by atoms with Crippen molar-refractivity contribution in [3.63, 3.8) is 0 Å². The molecule has 1 atom stereocenters. The van der Waals surface area contributed by atoms with Gasteiger partial charge in [-0.1, -0.05) is 0 Å². The second-order valence-electron chi connectivity index (χ2n) is 4.92. The number of ether oxygens (including phenoxy) is 1. The third-order valence-corrected chi connectivity index (χ3v) is 3.37. The number of carbonyl (C=O) groups is 1. The fraction of sp³-hybridized carbons (Fsp3) is 0.571. The van der Waals surface area contributed by atoms with Crippen molar-refractivity contribution in [1.82, 2.24) is 4.90 Å². The molecule has 1 aromatic rings. The molecule has 0 spiro atoms. The summed E-state index contributed by atoms with van der Waals surface area (Å²) < 4.78 is 10.2. The van der Waals surface area contributed by atoms with Crippen LogP contribution in [0.3, 0.4) is 0 Å². The molecule has 1 aliphatic heterocycles. The highest BCUT2D eigenvalue weighted by Gasteiger charge is 2.27. The highest BCUT2D eigenvalue weighted by molar-refractivity contribution is 5.72. The number of hydrogen-bond acceptors (Lipinski definition) is 6. The molecule has 2 rings (SSSR count). The fourth-order valence-corrected chi connectivity index (χ4v) is 2.40. The van der Waals surface area contributed by atoms with Crippen LogP contribution in [0.5, 0.6) is 5.75 Å². The first-order chi connectivity index (χ1) is 9.60. The van der Waals surface area contributed by atoms with Crippen molar-refractivity contribution >= 4 is 5.97 Å². The summed E-state index contributed by atoms with van der Waals surface area (Å²) in [5.41, 5.74) is -0.454. The van der Waals surface area contributed by atoms with Gasteiger partial charge in [-0.05, 0) is 26.3 Å². The van der Waals surface area contributed by atoms with Crippen LogP contribution < -0.4 is 5.43 Å². The predicted molar refractivity (Wildman–Crippen MR) is 71.3 cm³/mol. The Morgan fingerprint density at radius 2 is 2.40 bits per heavy atom. The van der Waals surface area contributed by atoms with Crippen LogP contribution in [0.1, 0.15) is 25.5 Å². The molecule has 1 saturated heterocycles. The van der Waals surface area contributed by atoms with Crippen molar-refractivity contribution in [3.8, 4) is 5.75 Å². The molecular formula is C14H19NO5. The van der Waals surface area contributed by atoms with Gasteiger partial charge >= 0.3 is 5.97 Å². The van der Waals surface area contributed by atoms with Crippen LogP contribution in [-0.4, -0.2) is 35.7 Å². The van der Waals surface area contributed by atoms with Gasteiger partial charge in [0.1, 0.15) is 12.0 Å². The summed E-state index contributed by atoms with van der Waals surface area (Å²) >= 11 is 0. The van der Waals surface area contributed by atoms with Gasteiger partial charge in [0.05, 0.1) is 19.1 Å². The fourth-order valence-electron chi connectivity index (χ4n) is 2.40. The Morgan fingerprint density at radius 1 is 1.60 bits per heavy atom. The van der Waals surface area contributed by atoms with Crippen LogP contribution in [0.25, 0.3) is 0 Å². The minimum absolute atomic E-state index is 0.118. The Bertz CT molecular complexity index is 525. The van der Waals surface area contributed by atoms with Gasteiger partial charge in [-0.2, -0.15) is 0 Å². The van der Waals surface area contributed by atoms with E-state index < -0.39 is 11.2 Å². The smallest absolute Gasteiger partial charge is 0.310 e. The van der Waals surface area contributed by atoms with Crippen molar-refractivity contribution in [1.29, 1.82) is 0 Å². The van der Waals surface area contributed by atoms with Crippen LogP contribution in [0.15, 0.2) is 21.5 Å². The number of piperidine rings is 1. The summed E-state index contributed by atoms with van der Waals surface area (Å²) in [6.45, 7) is 4.08. The summed E-state index contributed by atoms with van der Waals surface area (Å²) in [6.07, 6.45) is 2.78. The number of esters is 1. The molecule has 0 bridgehead atoms. The Balaban J connectivity index is 1.97. The number of rotatable bonds is 4. The van der Waals surface area contributed by atoms with Crippen molar-refractivity contribution in [2.24, 2.45) is 5.92 Å². The van der Waals surface area contributed by atoms with Crippen molar-refractivity contribution in [3.05, 3.63) is 28.3 Å². The SMILES string of the molecule is CCOC(=O)[C@H]1CCCN(Cc2cc(=O)c(O)co2)C1. The number of aromatic hydroxyl groups is 1. The summed E-state index contributed by atoms with van der Waals surface area (Å²) in [7, 11) is 0. The van der Waals surface area contributed by atoms with E-state index in [0.717, 1.165) is 25.6 Å². The molecule has 0 unspecified atom stereocenters. The lowest BCUT2D eigenvalue weighted by Gasteiger charge is -2.30. The van der Waals surface area contributed by atoms with E-state index in [2.05, 4.69) is 4.90 Å². The molecule has 1 N–H and O–H groups in total. The quantitative estimate of drug-likeness (QED) is 0.833. The van der Waals surface area contributed by atoms with Gasteiger partial charge in [0, 0.05) is 12.6 Å². The second kappa shape index (κ2) is 6.56. The maximum absolute atomic E-state index is 11.7. The molecule has 20 heavy (non-hydrogen) atoms. The van der Waals surface area contributed by atoms with E-state index in [-0.39, 0.29) is 11.9 Å². The number of nitrogens with zero attached hydrogens (tertiary/aromatic N) is 1. The van der Waals surface area contributed by atoms with E-state index in [1.165, 1.54) is 6.07 Å². The van der Waals surface area contributed by atoms with Gasteiger partial charge in [-0.25, -0.2) is 0 Å². The molecule has 110 valence electrons. The summed E-state index contributed by atoms with van der Waals surface area (Å²) in [5.74, 6) is -0.189. The monoisotopic (exact) mass is 281 g/mol. The average Bonchev–Trinajstić information content (AvgIpc) is 2.43. The molecule has 1 aromatic heterocycles. The molecule has 0 aliphatic carbocycles. The van der Waals surface area contributed by atoms with Crippen LogP contribution >= 0.6 is 0 Å². The molecule has 0 amide bonds. The van der Waals surface area contributed by atoms with E-state index in [9.17, 15) is 9.59 Å². The topological polar surface area (TPSA) is 80.0 Å². The average molecular weight is 281 g/mol. The molecule has 0 saturated carbocycles. The molecule has 2 heterocycles. The number of hydrogen-bond donors (Lipinski definition) is 1. The van der Waals surface area contributed by atoms with Crippen molar-refractivity contribution in [2.45, 2.75) is 26.3 Å². The Hall–Kier alpha value is -1.82. The third-order valence-electron chi connectivity index (χ3n) is 3.37. The van der Waals surface area contributed by atoms with Crippen molar-refractivity contribution in [2.75, 3.05) is 19.7 Å². The zero-order valence-electron chi connectivity index (χ0n) is 11.5. The van der Waals surface area contributed by atoms with E-state index in [1.54, 1.807) is 6.92 Å². The molecule has 0 radical (unpaired) electrons. The van der Waals surface area contributed by atoms with Gasteiger partial charge in [0.15, 0.2) is 5.75 Å². The maximum Gasteiger partial charge on any atom is 0.310 e. The van der Waals surface area contributed by atoms with E-state index >= 15 is 0 Å². The van der Waals surface area contributed by atoms with Crippen molar-refractivity contribution < 1.29 is 19.1 Å². The predicted octanol–water partition coefficient (Wildman–Crippen LogP) is 1.12. The van der Waals surface area contributed by atoms with E-state index in [1.807, 2.05) is 0 Å². The van der Waals surface area contributed by atoms with Crippen LogP contribution in [0.4, 0.5) is 0 Å². The minimum Gasteiger partial charge on any atom is -0.502 e. The number of carbonyl (C=O) groups excluding carboxylic acids is 1. The summed E-state index contributed by atoms with van der Waals surface area (Å²) in [5, 5.41) is 9.14. The molecule has 0 aromatic carbocycles. The normalized spacial score (nSPS) is 19.8. The van der Waals surface area contributed by atoms with E-state index in [0.29, 0.717) is 25.5 Å². The standard InChI is InChI=1S/C14H19NO5/c1-2-19-14(18)10-4-3-5-15(7-10)8-11-6-12(16)13(17)9-20-11/h6,9-10,17H,2-5,7-8H2,1H3/t10-/m0/s1. The molecule has 6 nitrogen and oxygen atoms in total. The highest BCUT2D eigenvalue weighted by atomic mass is 16.5. The lowest BCUT2D eigenvalue weighted by atomic mass is 9.98. The summed E-state index contributed by atoms with van der Waals surface area (Å²) in [6, 6.07) is 1.28. The van der Waals surface area contributed by atoms with Crippen LogP contribution in [-0.2, 0) is 16.1 Å². The molecule has 1 aliphatic rings. The Kier molecular flexibility index (Phi) is 4.79. The first-order valence-electron chi connectivity index (χ1n) is 6.80. The third kappa shape index (κ3) is 3.60. The maximum atomic E-state index is 11.7. The zero-order chi connectivity index (χ0) is 14.5. The molecular weight excluding hydrogens is 262 g/mol. The van der Waals surface area contributed by atoms with Crippen LogP contribution in [0, 0.1) is 5.92 Å². The van der Waals surface area contributed by atoms with Crippen LogP contribution in [0.2, 0.25) is 0 Å². The van der Waals surface area contributed by atoms with Gasteiger partial charge < -0.3 is 14.3 Å². The first-order valence-corrected chi connectivity index (χ1v) is 6.80. The summed E-state index contributed by atoms with van der Waals surface area (Å²) in [4.78, 5) is 25.1. The van der Waals surface area contributed by atoms with Gasteiger partial charge in [0.2, 0.25) is 5.43 Å². The lowest BCUT2D eigenvalue weighted by molar-refractivity contribution is -0.150. The second-order valence-corrected chi connectivity index (χ2v) is 4.92. The van der Waals surface area contributed by atoms with Gasteiger partial charge in [-0.3, -0.25) is 14.5 Å². The largest absolute Gasteiger partial charge is 0.502 e. The number of likely N-dealkylation sites (tertiary alicyclic amines) is 1.